The van der Waals surface area contributed by atoms with Crippen molar-refractivity contribution in [1.29, 1.82) is 0 Å². The van der Waals surface area contributed by atoms with E-state index in [0.29, 0.717) is 13.2 Å². The van der Waals surface area contributed by atoms with Crippen LogP contribution in [0.3, 0.4) is 0 Å². The van der Waals surface area contributed by atoms with Crippen molar-refractivity contribution >= 4 is 5.91 Å². The highest BCUT2D eigenvalue weighted by atomic mass is 16.5. The largest absolute Gasteiger partial charge is 0.380 e. The molecule has 1 rings (SSSR count). The van der Waals surface area contributed by atoms with Crippen LogP contribution in [0.2, 0.25) is 0 Å². The minimum atomic E-state index is 0.113. The van der Waals surface area contributed by atoms with Crippen molar-refractivity contribution in [3.8, 4) is 0 Å². The van der Waals surface area contributed by atoms with Crippen LogP contribution in [-0.4, -0.2) is 25.2 Å². The molecule has 1 saturated heterocycles. The summed E-state index contributed by atoms with van der Waals surface area (Å²) in [5.41, 5.74) is 0. The third-order valence-electron chi connectivity index (χ3n) is 1.44. The number of nitrogens with one attached hydrogen (secondary N) is 1. The van der Waals surface area contributed by atoms with E-state index in [-0.39, 0.29) is 17.9 Å². The van der Waals surface area contributed by atoms with Gasteiger partial charge < -0.3 is 10.1 Å². The van der Waals surface area contributed by atoms with Crippen molar-refractivity contribution in [3.63, 3.8) is 0 Å². The fourth-order valence-corrected chi connectivity index (χ4v) is 0.789. The molecule has 1 fully saturated rings. The van der Waals surface area contributed by atoms with Gasteiger partial charge in [-0.15, -0.1) is 0 Å². The molecule has 1 amide bonds. The molecule has 3 heteroatoms. The smallest absolute Gasteiger partial charge is 0.227 e. The second-order valence-corrected chi connectivity index (χ2v) is 2.90. The number of carbonyl (C=O) groups is 1. The SMILES string of the molecule is CC(C)NC(=O)C1COC1. The average Bonchev–Trinajstić information content (AvgIpc) is 1.55. The van der Waals surface area contributed by atoms with Crippen molar-refractivity contribution in [2.24, 2.45) is 5.92 Å². The minimum absolute atomic E-state index is 0.113. The zero-order valence-electron chi connectivity index (χ0n) is 6.39. The van der Waals surface area contributed by atoms with E-state index < -0.39 is 0 Å². The highest BCUT2D eigenvalue weighted by Crippen LogP contribution is 2.09. The number of rotatable bonds is 2. The van der Waals surface area contributed by atoms with Gasteiger partial charge in [0.25, 0.3) is 0 Å². The van der Waals surface area contributed by atoms with Crippen LogP contribution in [0.1, 0.15) is 13.8 Å². The summed E-state index contributed by atoms with van der Waals surface area (Å²) in [6.45, 7) is 5.10. The fraction of sp³-hybridized carbons (Fsp3) is 0.857. The van der Waals surface area contributed by atoms with Crippen LogP contribution >= 0.6 is 0 Å². The molecule has 1 aliphatic rings. The third-order valence-corrected chi connectivity index (χ3v) is 1.44. The first-order valence-corrected chi connectivity index (χ1v) is 3.58. The minimum Gasteiger partial charge on any atom is -0.380 e. The van der Waals surface area contributed by atoms with E-state index >= 15 is 0 Å². The monoisotopic (exact) mass is 143 g/mol. The van der Waals surface area contributed by atoms with Crippen LogP contribution in [0.5, 0.6) is 0 Å². The summed E-state index contributed by atoms with van der Waals surface area (Å²) in [5.74, 6) is 0.239. The van der Waals surface area contributed by atoms with Crippen LogP contribution in [0.15, 0.2) is 0 Å². The quantitative estimate of drug-likeness (QED) is 0.598. The summed E-state index contributed by atoms with van der Waals surface area (Å²) in [5, 5.41) is 2.83. The van der Waals surface area contributed by atoms with E-state index in [0.717, 1.165) is 0 Å². The highest BCUT2D eigenvalue weighted by Gasteiger charge is 2.26. The highest BCUT2D eigenvalue weighted by molar-refractivity contribution is 5.79. The van der Waals surface area contributed by atoms with Crippen molar-refractivity contribution in [1.82, 2.24) is 5.32 Å². The molecule has 1 heterocycles. The summed E-state index contributed by atoms with van der Waals surface area (Å²) in [6, 6.07) is 0.244. The molecule has 0 aromatic carbocycles. The molecule has 0 spiro atoms. The summed E-state index contributed by atoms with van der Waals surface area (Å²) < 4.78 is 4.88. The van der Waals surface area contributed by atoms with Gasteiger partial charge in [-0.25, -0.2) is 0 Å². The lowest BCUT2D eigenvalue weighted by Crippen LogP contribution is -2.44. The molecule has 0 bridgehead atoms. The number of carbonyl (C=O) groups excluding carboxylic acids is 1. The standard InChI is InChI=1S/C7H13NO2/c1-5(2)8-7(9)6-3-10-4-6/h5-6H,3-4H2,1-2H3,(H,8,9). The fourth-order valence-electron chi connectivity index (χ4n) is 0.789. The van der Waals surface area contributed by atoms with E-state index in [4.69, 9.17) is 4.74 Å². The van der Waals surface area contributed by atoms with E-state index in [1.807, 2.05) is 13.8 Å². The summed E-state index contributed by atoms with van der Waals surface area (Å²) in [6.07, 6.45) is 0. The molecule has 0 aromatic heterocycles. The lowest BCUT2D eigenvalue weighted by atomic mass is 10.1. The Labute approximate surface area is 60.7 Å². The van der Waals surface area contributed by atoms with Gasteiger partial charge in [0.1, 0.15) is 0 Å². The Morgan fingerprint density at radius 2 is 2.20 bits per heavy atom. The van der Waals surface area contributed by atoms with Crippen LogP contribution in [-0.2, 0) is 9.53 Å². The first-order valence-electron chi connectivity index (χ1n) is 3.58. The van der Waals surface area contributed by atoms with Gasteiger partial charge in [0.15, 0.2) is 0 Å². The molecule has 0 radical (unpaired) electrons. The Balaban J connectivity index is 2.20. The van der Waals surface area contributed by atoms with Crippen molar-refractivity contribution < 1.29 is 9.53 Å². The number of hydrogen-bond donors (Lipinski definition) is 1. The van der Waals surface area contributed by atoms with Gasteiger partial charge >= 0.3 is 0 Å². The van der Waals surface area contributed by atoms with Crippen molar-refractivity contribution in [3.05, 3.63) is 0 Å². The van der Waals surface area contributed by atoms with Crippen molar-refractivity contribution in [2.45, 2.75) is 19.9 Å². The first kappa shape index (κ1) is 7.54. The normalized spacial score (nSPS) is 18.7. The Kier molecular flexibility index (Phi) is 2.27. The topological polar surface area (TPSA) is 38.3 Å². The third kappa shape index (κ3) is 1.70. The van der Waals surface area contributed by atoms with E-state index in [1.54, 1.807) is 0 Å². The van der Waals surface area contributed by atoms with E-state index in [1.165, 1.54) is 0 Å². The lowest BCUT2D eigenvalue weighted by Gasteiger charge is -2.25. The molecule has 58 valence electrons. The molecule has 0 aliphatic carbocycles. The first-order chi connectivity index (χ1) is 4.70. The molecule has 1 N–H and O–H groups in total. The number of hydrogen-bond acceptors (Lipinski definition) is 2. The van der Waals surface area contributed by atoms with Gasteiger partial charge in [-0.2, -0.15) is 0 Å². The van der Waals surface area contributed by atoms with Crippen LogP contribution in [0, 0.1) is 5.92 Å². The van der Waals surface area contributed by atoms with Gasteiger partial charge in [0.2, 0.25) is 5.91 Å². The molecule has 0 aromatic rings. The summed E-state index contributed by atoms with van der Waals surface area (Å²) in [4.78, 5) is 11.0. The van der Waals surface area contributed by atoms with Crippen LogP contribution < -0.4 is 5.32 Å². The zero-order chi connectivity index (χ0) is 7.56. The average molecular weight is 143 g/mol. The molecule has 1 aliphatic heterocycles. The van der Waals surface area contributed by atoms with Gasteiger partial charge in [-0.3, -0.25) is 4.79 Å². The molecule has 0 atom stereocenters. The predicted octanol–water partition coefficient (Wildman–Crippen LogP) is 0.157. The van der Waals surface area contributed by atoms with E-state index in [9.17, 15) is 4.79 Å². The molecule has 0 unspecified atom stereocenters. The Hall–Kier alpha value is -0.570. The molecule has 3 nitrogen and oxygen atoms in total. The van der Waals surface area contributed by atoms with Crippen LogP contribution in [0.25, 0.3) is 0 Å². The van der Waals surface area contributed by atoms with Gasteiger partial charge in [0, 0.05) is 6.04 Å². The Morgan fingerprint density at radius 3 is 2.50 bits per heavy atom. The second-order valence-electron chi connectivity index (χ2n) is 2.90. The Morgan fingerprint density at radius 1 is 1.60 bits per heavy atom. The Bertz CT molecular complexity index is 130. The maximum absolute atomic E-state index is 11.0. The van der Waals surface area contributed by atoms with Crippen LogP contribution in [0.4, 0.5) is 0 Å². The maximum Gasteiger partial charge on any atom is 0.227 e. The summed E-state index contributed by atoms with van der Waals surface area (Å²) >= 11 is 0. The second kappa shape index (κ2) is 3.01. The predicted molar refractivity (Wildman–Crippen MR) is 37.6 cm³/mol. The molecule has 10 heavy (non-hydrogen) atoms. The molecular formula is C7H13NO2. The summed E-state index contributed by atoms with van der Waals surface area (Å²) in [7, 11) is 0. The van der Waals surface area contributed by atoms with Gasteiger partial charge in [0.05, 0.1) is 19.1 Å². The number of amides is 1. The molecular weight excluding hydrogens is 130 g/mol. The maximum atomic E-state index is 11.0. The lowest BCUT2D eigenvalue weighted by molar-refractivity contribution is -0.139. The molecule has 0 saturated carbocycles. The van der Waals surface area contributed by atoms with Crippen molar-refractivity contribution in [2.75, 3.05) is 13.2 Å². The van der Waals surface area contributed by atoms with Gasteiger partial charge in [-0.1, -0.05) is 0 Å². The van der Waals surface area contributed by atoms with Gasteiger partial charge in [-0.05, 0) is 13.8 Å². The number of ether oxygens (including phenoxy) is 1. The zero-order valence-corrected chi connectivity index (χ0v) is 6.39. The van der Waals surface area contributed by atoms with E-state index in [2.05, 4.69) is 5.32 Å².